The Morgan fingerprint density at radius 3 is 2.81 bits per heavy atom. The number of para-hydroxylation sites is 1. The lowest BCUT2D eigenvalue weighted by atomic mass is 10.0. The van der Waals surface area contributed by atoms with Crippen LogP contribution in [0.3, 0.4) is 0 Å². The van der Waals surface area contributed by atoms with Crippen molar-refractivity contribution in [2.75, 3.05) is 38.6 Å². The minimum absolute atomic E-state index is 0.0344. The molecule has 0 unspecified atom stereocenters. The number of aromatic nitrogens is 2. The van der Waals surface area contributed by atoms with E-state index in [1.54, 1.807) is 14.0 Å². The van der Waals surface area contributed by atoms with Gasteiger partial charge in [0, 0.05) is 37.8 Å². The van der Waals surface area contributed by atoms with E-state index in [1.165, 1.54) is 0 Å². The number of hydrogen-bond acceptors (Lipinski definition) is 5. The Hall–Kier alpha value is -3.39. The van der Waals surface area contributed by atoms with Gasteiger partial charge >= 0.3 is 0 Å². The van der Waals surface area contributed by atoms with Gasteiger partial charge in [-0.1, -0.05) is 18.2 Å². The number of methoxy groups -OCH3 is 1. The molecule has 0 aliphatic carbocycles. The zero-order valence-electron chi connectivity index (χ0n) is 18.0. The van der Waals surface area contributed by atoms with Gasteiger partial charge in [0.15, 0.2) is 0 Å². The molecule has 3 aromatic rings. The smallest absolute Gasteiger partial charge is 0.238 e. The van der Waals surface area contributed by atoms with E-state index in [-0.39, 0.29) is 24.4 Å². The molecule has 2 N–H and O–H groups in total. The SMILES string of the molecule is COc1ccccc1[C@H]1CN(C(C)=O)CCN1CC(=O)Nc1ccc2nc(C)[nH]c2c1. The van der Waals surface area contributed by atoms with E-state index >= 15 is 0 Å². The van der Waals surface area contributed by atoms with Crippen LogP contribution >= 0.6 is 0 Å². The Labute approximate surface area is 181 Å². The molecule has 162 valence electrons. The maximum Gasteiger partial charge on any atom is 0.238 e. The van der Waals surface area contributed by atoms with E-state index in [9.17, 15) is 9.59 Å². The van der Waals surface area contributed by atoms with Crippen LogP contribution in [0.2, 0.25) is 0 Å². The number of rotatable bonds is 5. The van der Waals surface area contributed by atoms with Gasteiger partial charge in [0.1, 0.15) is 11.6 Å². The van der Waals surface area contributed by atoms with Gasteiger partial charge in [0.25, 0.3) is 0 Å². The minimum Gasteiger partial charge on any atom is -0.496 e. The molecule has 1 fully saturated rings. The Kier molecular flexibility index (Phi) is 5.90. The summed E-state index contributed by atoms with van der Waals surface area (Å²) in [5.74, 6) is 1.52. The van der Waals surface area contributed by atoms with Crippen molar-refractivity contribution in [3.05, 3.63) is 53.9 Å². The summed E-state index contributed by atoms with van der Waals surface area (Å²) in [5.41, 5.74) is 3.44. The summed E-state index contributed by atoms with van der Waals surface area (Å²) in [4.78, 5) is 36.4. The van der Waals surface area contributed by atoms with Gasteiger partial charge in [0.05, 0.1) is 30.7 Å². The van der Waals surface area contributed by atoms with E-state index in [0.29, 0.717) is 19.6 Å². The number of carbonyl (C=O) groups is 2. The number of fused-ring (bicyclic) bond motifs is 1. The average Bonchev–Trinajstić information content (AvgIpc) is 3.13. The van der Waals surface area contributed by atoms with E-state index in [1.807, 2.05) is 54.3 Å². The number of imidazole rings is 1. The maximum atomic E-state index is 12.9. The first-order chi connectivity index (χ1) is 14.9. The molecule has 1 aliphatic rings. The van der Waals surface area contributed by atoms with Crippen molar-refractivity contribution in [2.24, 2.45) is 0 Å². The summed E-state index contributed by atoms with van der Waals surface area (Å²) >= 11 is 0. The molecule has 0 bridgehead atoms. The number of nitrogens with zero attached hydrogens (tertiary/aromatic N) is 3. The number of nitrogens with one attached hydrogen (secondary N) is 2. The number of amides is 2. The molecule has 2 amide bonds. The second-order valence-corrected chi connectivity index (χ2v) is 7.80. The van der Waals surface area contributed by atoms with E-state index < -0.39 is 0 Å². The first kappa shape index (κ1) is 20.9. The third-order valence-electron chi connectivity index (χ3n) is 5.67. The summed E-state index contributed by atoms with van der Waals surface area (Å²) in [7, 11) is 1.63. The lowest BCUT2D eigenvalue weighted by Gasteiger charge is -2.41. The quantitative estimate of drug-likeness (QED) is 0.661. The van der Waals surface area contributed by atoms with Crippen LogP contribution in [0.5, 0.6) is 5.75 Å². The van der Waals surface area contributed by atoms with Gasteiger partial charge in [-0.15, -0.1) is 0 Å². The number of carbonyl (C=O) groups excluding carboxylic acids is 2. The number of hydrogen-bond donors (Lipinski definition) is 2. The average molecular weight is 422 g/mol. The van der Waals surface area contributed by atoms with Crippen molar-refractivity contribution in [1.82, 2.24) is 19.8 Å². The predicted octanol–water partition coefficient (Wildman–Crippen LogP) is 2.72. The highest BCUT2D eigenvalue weighted by molar-refractivity contribution is 5.94. The largest absolute Gasteiger partial charge is 0.496 e. The van der Waals surface area contributed by atoms with E-state index in [4.69, 9.17) is 4.74 Å². The fourth-order valence-corrected chi connectivity index (χ4v) is 4.13. The molecular weight excluding hydrogens is 394 g/mol. The molecular formula is C23H27N5O3. The topological polar surface area (TPSA) is 90.6 Å². The zero-order chi connectivity index (χ0) is 22.0. The summed E-state index contributed by atoms with van der Waals surface area (Å²) < 4.78 is 5.55. The molecule has 0 radical (unpaired) electrons. The molecule has 1 aliphatic heterocycles. The highest BCUT2D eigenvalue weighted by Gasteiger charge is 2.32. The third-order valence-corrected chi connectivity index (χ3v) is 5.67. The summed E-state index contributed by atoms with van der Waals surface area (Å²) in [6.45, 7) is 5.41. The number of benzene rings is 2. The summed E-state index contributed by atoms with van der Waals surface area (Å²) in [6.07, 6.45) is 0. The monoisotopic (exact) mass is 421 g/mol. The van der Waals surface area contributed by atoms with Crippen molar-refractivity contribution in [3.8, 4) is 5.75 Å². The number of piperazine rings is 1. The Morgan fingerprint density at radius 1 is 1.23 bits per heavy atom. The number of aromatic amines is 1. The van der Waals surface area contributed by atoms with Gasteiger partial charge in [-0.2, -0.15) is 0 Å². The van der Waals surface area contributed by atoms with E-state index in [0.717, 1.165) is 33.9 Å². The molecule has 2 heterocycles. The fraction of sp³-hybridized carbons (Fsp3) is 0.348. The van der Waals surface area contributed by atoms with Gasteiger partial charge in [0.2, 0.25) is 11.8 Å². The summed E-state index contributed by atoms with van der Waals surface area (Å²) in [5, 5.41) is 2.99. The molecule has 31 heavy (non-hydrogen) atoms. The Balaban J connectivity index is 1.52. The van der Waals surface area contributed by atoms with Crippen molar-refractivity contribution in [3.63, 3.8) is 0 Å². The number of H-pyrrole nitrogens is 1. The number of anilines is 1. The minimum atomic E-state index is -0.128. The van der Waals surface area contributed by atoms with Crippen molar-refractivity contribution < 1.29 is 14.3 Å². The number of ether oxygens (including phenoxy) is 1. The first-order valence-corrected chi connectivity index (χ1v) is 10.3. The standard InChI is InChI=1S/C23H27N5O3/c1-15-24-19-9-8-17(12-20(19)25-15)26-23(30)14-28-11-10-27(16(2)29)13-21(28)18-6-4-5-7-22(18)31-3/h4-9,12,21H,10-11,13-14H2,1-3H3,(H,24,25)(H,26,30)/t21-/m1/s1. The van der Waals surface area contributed by atoms with Crippen LogP contribution < -0.4 is 10.1 Å². The molecule has 0 saturated carbocycles. The molecule has 8 heteroatoms. The van der Waals surface area contributed by atoms with Crippen LogP contribution in [0.4, 0.5) is 5.69 Å². The lowest BCUT2D eigenvalue weighted by Crippen LogP contribution is -2.51. The van der Waals surface area contributed by atoms with Crippen LogP contribution in [0.1, 0.15) is 24.4 Å². The zero-order valence-corrected chi connectivity index (χ0v) is 18.0. The highest BCUT2D eigenvalue weighted by atomic mass is 16.5. The third kappa shape index (κ3) is 4.54. The molecule has 1 saturated heterocycles. The fourth-order valence-electron chi connectivity index (χ4n) is 4.13. The summed E-state index contributed by atoms with van der Waals surface area (Å²) in [6, 6.07) is 13.3. The molecule has 1 atom stereocenters. The van der Waals surface area contributed by atoms with Crippen molar-refractivity contribution >= 4 is 28.5 Å². The van der Waals surface area contributed by atoms with E-state index in [2.05, 4.69) is 20.2 Å². The molecule has 0 spiro atoms. The first-order valence-electron chi connectivity index (χ1n) is 10.3. The number of aryl methyl sites for hydroxylation is 1. The van der Waals surface area contributed by atoms with Crippen LogP contribution in [-0.4, -0.2) is 64.9 Å². The van der Waals surface area contributed by atoms with Gasteiger partial charge in [-0.3, -0.25) is 14.5 Å². The lowest BCUT2D eigenvalue weighted by molar-refractivity contribution is -0.132. The normalized spacial score (nSPS) is 17.0. The van der Waals surface area contributed by atoms with Crippen LogP contribution in [-0.2, 0) is 9.59 Å². The van der Waals surface area contributed by atoms with Gasteiger partial charge < -0.3 is 19.9 Å². The highest BCUT2D eigenvalue weighted by Crippen LogP contribution is 2.32. The molecule has 8 nitrogen and oxygen atoms in total. The Bertz CT molecular complexity index is 1110. The second-order valence-electron chi connectivity index (χ2n) is 7.80. The van der Waals surface area contributed by atoms with Crippen LogP contribution in [0.15, 0.2) is 42.5 Å². The maximum absolute atomic E-state index is 12.9. The van der Waals surface area contributed by atoms with Gasteiger partial charge in [-0.25, -0.2) is 4.98 Å². The molecule has 2 aromatic carbocycles. The Morgan fingerprint density at radius 2 is 2.03 bits per heavy atom. The molecule has 4 rings (SSSR count). The van der Waals surface area contributed by atoms with Gasteiger partial charge in [-0.05, 0) is 31.2 Å². The van der Waals surface area contributed by atoms with Crippen LogP contribution in [0.25, 0.3) is 11.0 Å². The predicted molar refractivity (Wildman–Crippen MR) is 119 cm³/mol. The van der Waals surface area contributed by atoms with Crippen molar-refractivity contribution in [2.45, 2.75) is 19.9 Å². The van der Waals surface area contributed by atoms with Crippen LogP contribution in [0, 0.1) is 6.92 Å². The second kappa shape index (κ2) is 8.77. The van der Waals surface area contributed by atoms with Crippen molar-refractivity contribution in [1.29, 1.82) is 0 Å². The molecule has 1 aromatic heterocycles.